The normalized spacial score (nSPS) is 20.9. The maximum atomic E-state index is 9.32. The minimum atomic E-state index is 0.323. The van der Waals surface area contributed by atoms with Crippen LogP contribution in [0.1, 0.15) is 19.4 Å². The van der Waals surface area contributed by atoms with E-state index in [4.69, 9.17) is 4.74 Å². The van der Waals surface area contributed by atoms with E-state index in [1.54, 1.807) is 12.1 Å². The molecule has 1 aliphatic heterocycles. The molecular weight excluding hydrogens is 240 g/mol. The van der Waals surface area contributed by atoms with Crippen LogP contribution < -0.4 is 5.32 Å². The van der Waals surface area contributed by atoms with Crippen molar-refractivity contribution in [3.8, 4) is 5.75 Å². The van der Waals surface area contributed by atoms with Crippen LogP contribution in [0.15, 0.2) is 24.3 Å². The van der Waals surface area contributed by atoms with Crippen molar-refractivity contribution >= 4 is 0 Å². The van der Waals surface area contributed by atoms with Crippen LogP contribution >= 0.6 is 0 Å². The Bertz CT molecular complexity index is 378. The summed E-state index contributed by atoms with van der Waals surface area (Å²) in [4.78, 5) is 2.45. The molecule has 4 heteroatoms. The van der Waals surface area contributed by atoms with E-state index in [0.717, 1.165) is 32.8 Å². The predicted molar refractivity (Wildman–Crippen MR) is 76.3 cm³/mol. The van der Waals surface area contributed by atoms with Crippen molar-refractivity contribution in [2.24, 2.45) is 0 Å². The molecule has 0 aromatic heterocycles. The minimum Gasteiger partial charge on any atom is -0.508 e. The average Bonchev–Trinajstić information content (AvgIpc) is 2.40. The third-order valence-corrected chi connectivity index (χ3v) is 3.43. The lowest BCUT2D eigenvalue weighted by atomic mass is 10.1. The van der Waals surface area contributed by atoms with E-state index in [0.29, 0.717) is 17.8 Å². The lowest BCUT2D eigenvalue weighted by Crippen LogP contribution is -2.50. The van der Waals surface area contributed by atoms with E-state index in [-0.39, 0.29) is 0 Å². The molecule has 1 unspecified atom stereocenters. The summed E-state index contributed by atoms with van der Waals surface area (Å²) in [6, 6.07) is 8.38. The largest absolute Gasteiger partial charge is 0.508 e. The molecule has 0 saturated carbocycles. The van der Waals surface area contributed by atoms with Gasteiger partial charge in [-0.25, -0.2) is 0 Å². The second kappa shape index (κ2) is 6.89. The van der Waals surface area contributed by atoms with E-state index in [1.165, 1.54) is 5.56 Å². The summed E-state index contributed by atoms with van der Waals surface area (Å²) < 4.78 is 5.58. The van der Waals surface area contributed by atoms with E-state index in [1.807, 2.05) is 12.1 Å². The highest BCUT2D eigenvalue weighted by molar-refractivity contribution is 5.25. The molecule has 0 bridgehead atoms. The molecule has 0 radical (unpaired) electrons. The molecule has 2 N–H and O–H groups in total. The molecule has 1 aromatic rings. The Morgan fingerprint density at radius 3 is 2.79 bits per heavy atom. The van der Waals surface area contributed by atoms with Crippen LogP contribution in [-0.4, -0.2) is 48.4 Å². The number of rotatable bonds is 5. The topological polar surface area (TPSA) is 44.7 Å². The Kier molecular flexibility index (Phi) is 5.19. The van der Waals surface area contributed by atoms with Gasteiger partial charge in [-0.15, -0.1) is 0 Å². The van der Waals surface area contributed by atoms with Gasteiger partial charge >= 0.3 is 0 Å². The highest BCUT2D eigenvalue weighted by atomic mass is 16.5. The van der Waals surface area contributed by atoms with Gasteiger partial charge < -0.3 is 15.2 Å². The van der Waals surface area contributed by atoms with Gasteiger partial charge in [0, 0.05) is 31.7 Å². The number of nitrogens with one attached hydrogen (secondary N) is 1. The zero-order valence-corrected chi connectivity index (χ0v) is 11.8. The fourth-order valence-electron chi connectivity index (χ4n) is 2.29. The predicted octanol–water partition coefficient (Wildman–Crippen LogP) is 1.59. The minimum absolute atomic E-state index is 0.323. The molecule has 106 valence electrons. The van der Waals surface area contributed by atoms with Crippen LogP contribution in [0.3, 0.4) is 0 Å². The van der Waals surface area contributed by atoms with Gasteiger partial charge in [0.25, 0.3) is 0 Å². The van der Waals surface area contributed by atoms with Crippen LogP contribution in [0.25, 0.3) is 0 Å². The number of benzene rings is 1. The summed E-state index contributed by atoms with van der Waals surface area (Å²) in [5, 5.41) is 12.8. The Morgan fingerprint density at radius 1 is 1.37 bits per heavy atom. The Hall–Kier alpha value is -1.10. The number of aromatic hydroxyl groups is 1. The monoisotopic (exact) mass is 264 g/mol. The van der Waals surface area contributed by atoms with Crippen LogP contribution in [0.5, 0.6) is 5.75 Å². The van der Waals surface area contributed by atoms with Crippen molar-refractivity contribution in [2.75, 3.05) is 26.3 Å². The molecular formula is C15H24N2O2. The molecule has 1 fully saturated rings. The van der Waals surface area contributed by atoms with Crippen molar-refractivity contribution < 1.29 is 9.84 Å². The van der Waals surface area contributed by atoms with Crippen LogP contribution in [0.4, 0.5) is 0 Å². The molecule has 0 amide bonds. The van der Waals surface area contributed by atoms with Gasteiger partial charge in [0.05, 0.1) is 13.2 Å². The Labute approximate surface area is 115 Å². The third kappa shape index (κ3) is 4.49. The molecule has 0 spiro atoms. The number of phenols is 1. The lowest BCUT2D eigenvalue weighted by molar-refractivity contribution is -0.0114. The highest BCUT2D eigenvalue weighted by Gasteiger charge is 2.22. The highest BCUT2D eigenvalue weighted by Crippen LogP contribution is 2.15. The zero-order valence-electron chi connectivity index (χ0n) is 11.8. The van der Waals surface area contributed by atoms with Gasteiger partial charge in [0.2, 0.25) is 0 Å². The molecule has 2 rings (SSSR count). The summed E-state index contributed by atoms with van der Waals surface area (Å²) in [7, 11) is 0. The van der Waals surface area contributed by atoms with E-state index in [9.17, 15) is 5.11 Å². The molecule has 1 saturated heterocycles. The Balaban J connectivity index is 1.93. The standard InChI is InChI=1S/C15H24N2O2/c1-12(2)16-9-14-11-19-8-7-17(14)10-13-3-5-15(18)6-4-13/h3-6,12,14,16,18H,7-11H2,1-2H3. The van der Waals surface area contributed by atoms with Crippen molar-refractivity contribution in [2.45, 2.75) is 32.5 Å². The molecule has 0 aliphatic carbocycles. The van der Waals surface area contributed by atoms with Gasteiger partial charge in [-0.2, -0.15) is 0 Å². The summed E-state index contributed by atoms with van der Waals surface area (Å²) in [6.45, 7) is 8.74. The summed E-state index contributed by atoms with van der Waals surface area (Å²) in [6.07, 6.45) is 0. The number of ether oxygens (including phenoxy) is 1. The maximum absolute atomic E-state index is 9.32. The number of hydrogen-bond donors (Lipinski definition) is 2. The van der Waals surface area contributed by atoms with E-state index < -0.39 is 0 Å². The van der Waals surface area contributed by atoms with E-state index in [2.05, 4.69) is 24.1 Å². The first-order chi connectivity index (χ1) is 9.15. The SMILES string of the molecule is CC(C)NCC1COCCN1Cc1ccc(O)cc1. The first kappa shape index (κ1) is 14.3. The van der Waals surface area contributed by atoms with Crippen LogP contribution in [-0.2, 0) is 11.3 Å². The first-order valence-corrected chi connectivity index (χ1v) is 6.98. The fraction of sp³-hybridized carbons (Fsp3) is 0.600. The van der Waals surface area contributed by atoms with Crippen molar-refractivity contribution in [3.05, 3.63) is 29.8 Å². The summed E-state index contributed by atoms with van der Waals surface area (Å²) >= 11 is 0. The third-order valence-electron chi connectivity index (χ3n) is 3.43. The first-order valence-electron chi connectivity index (χ1n) is 6.98. The average molecular weight is 264 g/mol. The number of phenolic OH excluding ortho intramolecular Hbond substituents is 1. The fourth-order valence-corrected chi connectivity index (χ4v) is 2.29. The van der Waals surface area contributed by atoms with Crippen molar-refractivity contribution in [1.82, 2.24) is 10.2 Å². The molecule has 19 heavy (non-hydrogen) atoms. The van der Waals surface area contributed by atoms with Gasteiger partial charge in [-0.3, -0.25) is 4.90 Å². The number of hydrogen-bond acceptors (Lipinski definition) is 4. The molecule has 1 atom stereocenters. The number of nitrogens with zero attached hydrogens (tertiary/aromatic N) is 1. The van der Waals surface area contributed by atoms with Gasteiger partial charge in [0.1, 0.15) is 5.75 Å². The maximum Gasteiger partial charge on any atom is 0.115 e. The number of morpholine rings is 1. The van der Waals surface area contributed by atoms with E-state index >= 15 is 0 Å². The smallest absolute Gasteiger partial charge is 0.115 e. The van der Waals surface area contributed by atoms with Gasteiger partial charge in [-0.1, -0.05) is 26.0 Å². The zero-order chi connectivity index (χ0) is 13.7. The van der Waals surface area contributed by atoms with Crippen molar-refractivity contribution in [1.29, 1.82) is 0 Å². The quantitative estimate of drug-likeness (QED) is 0.848. The molecule has 1 aromatic carbocycles. The molecule has 4 nitrogen and oxygen atoms in total. The van der Waals surface area contributed by atoms with Gasteiger partial charge in [0.15, 0.2) is 0 Å². The van der Waals surface area contributed by atoms with Gasteiger partial charge in [-0.05, 0) is 17.7 Å². The summed E-state index contributed by atoms with van der Waals surface area (Å²) in [5.74, 6) is 0.323. The lowest BCUT2D eigenvalue weighted by Gasteiger charge is -2.36. The van der Waals surface area contributed by atoms with Crippen molar-refractivity contribution in [3.63, 3.8) is 0 Å². The second-order valence-corrected chi connectivity index (χ2v) is 5.43. The molecule has 1 aliphatic rings. The second-order valence-electron chi connectivity index (χ2n) is 5.43. The van der Waals surface area contributed by atoms with Crippen LogP contribution in [0, 0.1) is 0 Å². The Morgan fingerprint density at radius 2 is 2.11 bits per heavy atom. The molecule has 1 heterocycles. The summed E-state index contributed by atoms with van der Waals surface area (Å²) in [5.41, 5.74) is 1.23. The van der Waals surface area contributed by atoms with Crippen LogP contribution in [0.2, 0.25) is 0 Å².